The molecule has 0 fully saturated rings. The fraction of sp³-hybridized carbons (Fsp3) is 0.429. The minimum absolute atomic E-state index is 0.00596. The van der Waals surface area contributed by atoms with Crippen LogP contribution in [-0.2, 0) is 9.59 Å². The fourth-order valence-electron chi connectivity index (χ4n) is 1.71. The van der Waals surface area contributed by atoms with E-state index in [1.807, 2.05) is 13.8 Å². The Hall–Kier alpha value is -2.04. The van der Waals surface area contributed by atoms with Crippen LogP contribution in [0.4, 0.5) is 5.69 Å². The number of carbonyl (C=O) groups excluding carboxylic acids is 2. The Labute approximate surface area is 113 Å². The maximum Gasteiger partial charge on any atom is 0.244 e. The van der Waals surface area contributed by atoms with E-state index in [2.05, 4.69) is 5.32 Å². The second-order valence-electron chi connectivity index (χ2n) is 4.52. The number of methoxy groups -OCH3 is 1. The van der Waals surface area contributed by atoms with Gasteiger partial charge in [-0.25, -0.2) is 0 Å². The molecule has 0 aliphatic rings. The highest BCUT2D eigenvalue weighted by atomic mass is 16.5. The third kappa shape index (κ3) is 4.62. The average Bonchev–Trinajstić information content (AvgIpc) is 2.35. The molecule has 0 aromatic heterocycles. The highest BCUT2D eigenvalue weighted by Crippen LogP contribution is 2.16. The number of nitrogens with zero attached hydrogens (tertiary/aromatic N) is 1. The van der Waals surface area contributed by atoms with Crippen molar-refractivity contribution >= 4 is 17.5 Å². The van der Waals surface area contributed by atoms with E-state index >= 15 is 0 Å². The molecule has 19 heavy (non-hydrogen) atoms. The third-order valence-corrected chi connectivity index (χ3v) is 2.70. The largest absolute Gasteiger partial charge is 0.497 e. The van der Waals surface area contributed by atoms with Gasteiger partial charge in [0, 0.05) is 24.7 Å². The Morgan fingerprint density at radius 1 is 1.37 bits per heavy atom. The number of hydrogen-bond donors (Lipinski definition) is 1. The number of hydrogen-bond acceptors (Lipinski definition) is 3. The summed E-state index contributed by atoms with van der Waals surface area (Å²) >= 11 is 0. The Balaban J connectivity index is 2.66. The average molecular weight is 264 g/mol. The highest BCUT2D eigenvalue weighted by molar-refractivity contribution is 5.94. The maximum absolute atomic E-state index is 11.9. The lowest BCUT2D eigenvalue weighted by molar-refractivity contribution is -0.134. The molecule has 1 rings (SSSR count). The summed E-state index contributed by atoms with van der Waals surface area (Å²) in [6, 6.07) is 7.08. The molecule has 0 bridgehead atoms. The number of benzene rings is 1. The van der Waals surface area contributed by atoms with E-state index in [1.54, 1.807) is 31.4 Å². The Morgan fingerprint density at radius 3 is 2.58 bits per heavy atom. The van der Waals surface area contributed by atoms with Crippen molar-refractivity contribution in [2.75, 3.05) is 19.0 Å². The summed E-state index contributed by atoms with van der Waals surface area (Å²) in [6.45, 7) is 5.25. The first-order valence-corrected chi connectivity index (χ1v) is 6.15. The zero-order valence-corrected chi connectivity index (χ0v) is 11.8. The van der Waals surface area contributed by atoms with Crippen LogP contribution in [0.3, 0.4) is 0 Å². The van der Waals surface area contributed by atoms with E-state index in [0.29, 0.717) is 11.4 Å². The second-order valence-corrected chi connectivity index (χ2v) is 4.52. The lowest BCUT2D eigenvalue weighted by atomic mass is 10.3. The standard InChI is InChI=1S/C14H20N2O3/c1-10(2)16(11(3)17)9-14(18)15-12-6-5-7-13(8-12)19-4/h5-8,10H,9H2,1-4H3,(H,15,18). The first-order valence-electron chi connectivity index (χ1n) is 6.15. The van der Waals surface area contributed by atoms with Crippen molar-refractivity contribution in [1.29, 1.82) is 0 Å². The van der Waals surface area contributed by atoms with Crippen LogP contribution in [0.2, 0.25) is 0 Å². The summed E-state index contributed by atoms with van der Waals surface area (Å²) in [7, 11) is 1.57. The third-order valence-electron chi connectivity index (χ3n) is 2.70. The van der Waals surface area contributed by atoms with Gasteiger partial charge in [-0.2, -0.15) is 0 Å². The van der Waals surface area contributed by atoms with Crippen molar-refractivity contribution in [3.05, 3.63) is 24.3 Å². The SMILES string of the molecule is COc1cccc(NC(=O)CN(C(C)=O)C(C)C)c1. The van der Waals surface area contributed by atoms with Crippen molar-refractivity contribution in [2.24, 2.45) is 0 Å². The Kier molecular flexibility index (Phi) is 5.36. The predicted molar refractivity (Wildman–Crippen MR) is 74.1 cm³/mol. The molecule has 0 saturated heterocycles. The van der Waals surface area contributed by atoms with Gasteiger partial charge in [-0.3, -0.25) is 9.59 Å². The number of rotatable bonds is 5. The van der Waals surface area contributed by atoms with E-state index in [0.717, 1.165) is 0 Å². The number of ether oxygens (including phenoxy) is 1. The van der Waals surface area contributed by atoms with Gasteiger partial charge in [0.05, 0.1) is 7.11 Å². The van der Waals surface area contributed by atoms with Gasteiger partial charge >= 0.3 is 0 Å². The van der Waals surface area contributed by atoms with Crippen LogP contribution in [0.15, 0.2) is 24.3 Å². The van der Waals surface area contributed by atoms with Gasteiger partial charge in [0.2, 0.25) is 11.8 Å². The van der Waals surface area contributed by atoms with Gasteiger partial charge < -0.3 is 15.0 Å². The van der Waals surface area contributed by atoms with Gasteiger partial charge in [-0.05, 0) is 26.0 Å². The number of carbonyl (C=O) groups is 2. The molecule has 0 radical (unpaired) electrons. The first-order chi connectivity index (χ1) is 8.93. The molecular weight excluding hydrogens is 244 g/mol. The van der Waals surface area contributed by atoms with Crippen LogP contribution in [0.5, 0.6) is 5.75 Å². The van der Waals surface area contributed by atoms with Gasteiger partial charge in [0.25, 0.3) is 0 Å². The van der Waals surface area contributed by atoms with E-state index in [-0.39, 0.29) is 24.4 Å². The van der Waals surface area contributed by atoms with Crippen molar-refractivity contribution in [1.82, 2.24) is 4.90 Å². The van der Waals surface area contributed by atoms with Crippen molar-refractivity contribution < 1.29 is 14.3 Å². The van der Waals surface area contributed by atoms with Gasteiger partial charge in [0.1, 0.15) is 12.3 Å². The monoisotopic (exact) mass is 264 g/mol. The molecule has 0 heterocycles. The van der Waals surface area contributed by atoms with Gasteiger partial charge in [0.15, 0.2) is 0 Å². The lowest BCUT2D eigenvalue weighted by Gasteiger charge is -2.24. The molecule has 1 aromatic carbocycles. The summed E-state index contributed by atoms with van der Waals surface area (Å²) in [5, 5.41) is 2.74. The molecule has 1 aromatic rings. The lowest BCUT2D eigenvalue weighted by Crippen LogP contribution is -2.41. The van der Waals surface area contributed by atoms with Gasteiger partial charge in [-0.1, -0.05) is 6.07 Å². The molecule has 0 unspecified atom stereocenters. The summed E-state index contributed by atoms with van der Waals surface area (Å²) in [4.78, 5) is 24.8. The molecule has 0 aliphatic heterocycles. The quantitative estimate of drug-likeness (QED) is 0.883. The van der Waals surface area contributed by atoms with Crippen LogP contribution in [-0.4, -0.2) is 36.4 Å². The highest BCUT2D eigenvalue weighted by Gasteiger charge is 2.16. The first kappa shape index (κ1) is 15.0. The summed E-state index contributed by atoms with van der Waals surface area (Å²) < 4.78 is 5.08. The van der Waals surface area contributed by atoms with Gasteiger partial charge in [-0.15, -0.1) is 0 Å². The van der Waals surface area contributed by atoms with Crippen LogP contribution in [0, 0.1) is 0 Å². The molecule has 0 aliphatic carbocycles. The van der Waals surface area contributed by atoms with Crippen molar-refractivity contribution in [3.63, 3.8) is 0 Å². The fourth-order valence-corrected chi connectivity index (χ4v) is 1.71. The molecule has 0 spiro atoms. The molecular formula is C14H20N2O3. The Morgan fingerprint density at radius 2 is 2.05 bits per heavy atom. The topological polar surface area (TPSA) is 58.6 Å². The van der Waals surface area contributed by atoms with Crippen LogP contribution in [0.25, 0.3) is 0 Å². The summed E-state index contributed by atoms with van der Waals surface area (Å²) in [5.41, 5.74) is 0.650. The van der Waals surface area contributed by atoms with Crippen LogP contribution < -0.4 is 10.1 Å². The minimum Gasteiger partial charge on any atom is -0.497 e. The van der Waals surface area contributed by atoms with E-state index in [9.17, 15) is 9.59 Å². The molecule has 1 N–H and O–H groups in total. The van der Waals surface area contributed by atoms with Crippen LogP contribution in [0.1, 0.15) is 20.8 Å². The molecule has 0 atom stereocenters. The molecule has 0 saturated carbocycles. The summed E-state index contributed by atoms with van der Waals surface area (Å²) in [5.74, 6) is 0.332. The van der Waals surface area contributed by atoms with E-state index in [4.69, 9.17) is 4.74 Å². The zero-order valence-electron chi connectivity index (χ0n) is 11.8. The molecule has 5 heteroatoms. The number of anilines is 1. The summed E-state index contributed by atoms with van der Waals surface area (Å²) in [6.07, 6.45) is 0. The number of amides is 2. The maximum atomic E-state index is 11.9. The second kappa shape index (κ2) is 6.78. The van der Waals surface area contributed by atoms with Crippen molar-refractivity contribution in [3.8, 4) is 5.75 Å². The van der Waals surface area contributed by atoms with E-state index < -0.39 is 0 Å². The normalized spacial score (nSPS) is 10.2. The Bertz CT molecular complexity index is 458. The van der Waals surface area contributed by atoms with Crippen molar-refractivity contribution in [2.45, 2.75) is 26.8 Å². The zero-order chi connectivity index (χ0) is 14.4. The molecule has 104 valence electrons. The van der Waals surface area contributed by atoms with Crippen LogP contribution >= 0.6 is 0 Å². The predicted octanol–water partition coefficient (Wildman–Crippen LogP) is 1.89. The molecule has 2 amide bonds. The van der Waals surface area contributed by atoms with E-state index in [1.165, 1.54) is 11.8 Å². The smallest absolute Gasteiger partial charge is 0.244 e. The molecule has 5 nitrogen and oxygen atoms in total. The minimum atomic E-state index is -0.225. The number of nitrogens with one attached hydrogen (secondary N) is 1.